The molecule has 0 aliphatic carbocycles. The van der Waals surface area contributed by atoms with Gasteiger partial charge in [-0.15, -0.1) is 0 Å². The molecule has 1 saturated heterocycles. The van der Waals surface area contributed by atoms with E-state index in [-0.39, 0.29) is 18.2 Å². The first-order chi connectivity index (χ1) is 11.9. The Bertz CT molecular complexity index is 670. The van der Waals surface area contributed by atoms with Gasteiger partial charge in [-0.05, 0) is 50.3 Å². The van der Waals surface area contributed by atoms with E-state index in [1.165, 1.54) is 0 Å². The van der Waals surface area contributed by atoms with Crippen molar-refractivity contribution >= 4 is 11.9 Å². The molecule has 136 valence electrons. The number of carbonyl (C=O) groups is 2. The lowest BCUT2D eigenvalue weighted by Gasteiger charge is -2.39. The summed E-state index contributed by atoms with van der Waals surface area (Å²) in [6.45, 7) is 5.74. The predicted molar refractivity (Wildman–Crippen MR) is 91.9 cm³/mol. The summed E-state index contributed by atoms with van der Waals surface area (Å²) in [6, 6.07) is 5.58. The van der Waals surface area contributed by atoms with Crippen molar-refractivity contribution < 1.29 is 24.2 Å². The average Bonchev–Trinajstić information content (AvgIpc) is 2.61. The maximum absolute atomic E-state index is 12.7. The van der Waals surface area contributed by atoms with E-state index in [9.17, 15) is 14.7 Å². The van der Waals surface area contributed by atoms with Gasteiger partial charge in [-0.2, -0.15) is 0 Å². The Morgan fingerprint density at radius 3 is 2.68 bits per heavy atom. The minimum atomic E-state index is -0.823. The second-order valence-electron chi connectivity index (χ2n) is 7.36. The summed E-state index contributed by atoms with van der Waals surface area (Å²) in [7, 11) is 0. The van der Waals surface area contributed by atoms with Crippen LogP contribution in [0.4, 0.5) is 0 Å². The van der Waals surface area contributed by atoms with Crippen LogP contribution < -0.4 is 9.47 Å². The Hall–Kier alpha value is -2.24. The van der Waals surface area contributed by atoms with E-state index < -0.39 is 11.4 Å². The monoisotopic (exact) mass is 347 g/mol. The van der Waals surface area contributed by atoms with Crippen LogP contribution >= 0.6 is 0 Å². The second-order valence-corrected chi connectivity index (χ2v) is 7.36. The summed E-state index contributed by atoms with van der Waals surface area (Å²) in [5.74, 6) is 0.591. The van der Waals surface area contributed by atoms with Crippen molar-refractivity contribution in [3.8, 4) is 11.5 Å². The first kappa shape index (κ1) is 17.6. The molecule has 2 aliphatic heterocycles. The molecule has 1 aromatic carbocycles. The number of nitrogens with zero attached hydrogens (tertiary/aromatic N) is 1. The second kappa shape index (κ2) is 6.94. The zero-order chi connectivity index (χ0) is 18.0. The molecule has 6 nitrogen and oxygen atoms in total. The van der Waals surface area contributed by atoms with E-state index in [1.54, 1.807) is 18.7 Å². The number of carbonyl (C=O) groups excluding carboxylic acids is 1. The van der Waals surface area contributed by atoms with Crippen LogP contribution in [0.1, 0.15) is 32.3 Å². The third-order valence-electron chi connectivity index (χ3n) is 5.31. The van der Waals surface area contributed by atoms with Crippen molar-refractivity contribution in [1.29, 1.82) is 0 Å². The van der Waals surface area contributed by atoms with Gasteiger partial charge in [-0.3, -0.25) is 9.59 Å². The molecule has 0 saturated carbocycles. The van der Waals surface area contributed by atoms with Gasteiger partial charge in [0, 0.05) is 13.1 Å². The Labute approximate surface area is 147 Å². The number of hydrogen-bond acceptors (Lipinski definition) is 4. The van der Waals surface area contributed by atoms with E-state index in [0.717, 1.165) is 18.4 Å². The van der Waals surface area contributed by atoms with Crippen molar-refractivity contribution in [3.63, 3.8) is 0 Å². The van der Waals surface area contributed by atoms with Gasteiger partial charge in [0.25, 0.3) is 0 Å². The van der Waals surface area contributed by atoms with Gasteiger partial charge < -0.3 is 19.5 Å². The number of fused-ring (bicyclic) bond motifs is 1. The fourth-order valence-electron chi connectivity index (χ4n) is 3.45. The number of carboxylic acid groups (broad SMARTS) is 1. The Morgan fingerprint density at radius 2 is 1.96 bits per heavy atom. The van der Waals surface area contributed by atoms with Crippen molar-refractivity contribution in [2.45, 2.75) is 33.1 Å². The number of benzene rings is 1. The van der Waals surface area contributed by atoms with E-state index >= 15 is 0 Å². The molecular formula is C19H25NO5. The van der Waals surface area contributed by atoms with Gasteiger partial charge >= 0.3 is 5.97 Å². The molecule has 0 bridgehead atoms. The van der Waals surface area contributed by atoms with Crippen LogP contribution in [0.3, 0.4) is 0 Å². The summed E-state index contributed by atoms with van der Waals surface area (Å²) in [5.41, 5.74) is 0.0597. The summed E-state index contributed by atoms with van der Waals surface area (Å²) >= 11 is 0. The van der Waals surface area contributed by atoms with Gasteiger partial charge in [0.15, 0.2) is 11.5 Å². The van der Waals surface area contributed by atoms with E-state index in [1.807, 2.05) is 18.2 Å². The van der Waals surface area contributed by atoms with Crippen molar-refractivity contribution in [2.24, 2.45) is 11.3 Å². The molecule has 1 unspecified atom stereocenters. The third-order valence-corrected chi connectivity index (χ3v) is 5.31. The normalized spacial score (nSPS) is 20.2. The molecule has 1 N–H and O–H groups in total. The molecule has 3 rings (SSSR count). The SMILES string of the molecule is CC(C)(C(=O)O)C1CCCN(C(=O)Cc2ccc3c(c2)OCCO3)C1. The van der Waals surface area contributed by atoms with Gasteiger partial charge in [0.1, 0.15) is 13.2 Å². The highest BCUT2D eigenvalue weighted by molar-refractivity contribution is 5.79. The minimum Gasteiger partial charge on any atom is -0.486 e. The molecule has 2 aliphatic rings. The highest BCUT2D eigenvalue weighted by atomic mass is 16.6. The first-order valence-electron chi connectivity index (χ1n) is 8.77. The van der Waals surface area contributed by atoms with E-state index in [0.29, 0.717) is 37.8 Å². The van der Waals surface area contributed by atoms with E-state index in [4.69, 9.17) is 9.47 Å². The number of aliphatic carboxylic acids is 1. The highest BCUT2D eigenvalue weighted by Crippen LogP contribution is 2.35. The predicted octanol–water partition coefficient (Wildman–Crippen LogP) is 2.35. The summed E-state index contributed by atoms with van der Waals surface area (Å²) in [4.78, 5) is 26.0. The lowest BCUT2D eigenvalue weighted by molar-refractivity contribution is -0.153. The van der Waals surface area contributed by atoms with Crippen LogP contribution in [0.2, 0.25) is 0 Å². The zero-order valence-corrected chi connectivity index (χ0v) is 14.8. The van der Waals surface area contributed by atoms with Gasteiger partial charge in [0.2, 0.25) is 5.91 Å². The fourth-order valence-corrected chi connectivity index (χ4v) is 3.45. The van der Waals surface area contributed by atoms with Gasteiger partial charge in [-0.1, -0.05) is 6.07 Å². The lowest BCUT2D eigenvalue weighted by Crippen LogP contribution is -2.47. The van der Waals surface area contributed by atoms with Crippen LogP contribution in [0.15, 0.2) is 18.2 Å². The maximum Gasteiger partial charge on any atom is 0.309 e. The van der Waals surface area contributed by atoms with Crippen molar-refractivity contribution in [2.75, 3.05) is 26.3 Å². The highest BCUT2D eigenvalue weighted by Gasteiger charge is 2.39. The first-order valence-corrected chi connectivity index (χ1v) is 8.77. The molecule has 0 radical (unpaired) electrons. The molecular weight excluding hydrogens is 322 g/mol. The van der Waals surface area contributed by atoms with Gasteiger partial charge in [-0.25, -0.2) is 0 Å². The zero-order valence-electron chi connectivity index (χ0n) is 14.8. The molecule has 1 aromatic rings. The van der Waals surface area contributed by atoms with Crippen LogP contribution in [-0.4, -0.2) is 48.2 Å². The number of piperidine rings is 1. The third kappa shape index (κ3) is 3.72. The molecule has 0 aromatic heterocycles. The number of likely N-dealkylation sites (tertiary alicyclic amines) is 1. The largest absolute Gasteiger partial charge is 0.486 e. The van der Waals surface area contributed by atoms with Crippen LogP contribution in [-0.2, 0) is 16.0 Å². The summed E-state index contributed by atoms with van der Waals surface area (Å²) in [5, 5.41) is 9.44. The Kier molecular flexibility index (Phi) is 4.88. The summed E-state index contributed by atoms with van der Waals surface area (Å²) in [6.07, 6.45) is 1.97. The van der Waals surface area contributed by atoms with Crippen molar-refractivity contribution in [1.82, 2.24) is 4.90 Å². The minimum absolute atomic E-state index is 0.0250. The van der Waals surface area contributed by atoms with Crippen LogP contribution in [0, 0.1) is 11.3 Å². The number of hydrogen-bond donors (Lipinski definition) is 1. The van der Waals surface area contributed by atoms with Crippen LogP contribution in [0.25, 0.3) is 0 Å². The van der Waals surface area contributed by atoms with Crippen molar-refractivity contribution in [3.05, 3.63) is 23.8 Å². The smallest absolute Gasteiger partial charge is 0.309 e. The topological polar surface area (TPSA) is 76.1 Å². The Morgan fingerprint density at radius 1 is 1.24 bits per heavy atom. The van der Waals surface area contributed by atoms with Crippen LogP contribution in [0.5, 0.6) is 11.5 Å². The van der Waals surface area contributed by atoms with E-state index in [2.05, 4.69) is 0 Å². The maximum atomic E-state index is 12.7. The Balaban J connectivity index is 1.66. The number of carboxylic acids is 1. The fraction of sp³-hybridized carbons (Fsp3) is 0.579. The molecule has 2 heterocycles. The molecule has 0 spiro atoms. The molecule has 25 heavy (non-hydrogen) atoms. The summed E-state index contributed by atoms with van der Waals surface area (Å²) < 4.78 is 11.1. The molecule has 6 heteroatoms. The molecule has 1 atom stereocenters. The number of amides is 1. The number of ether oxygens (including phenoxy) is 2. The standard InChI is InChI=1S/C19H25NO5/c1-19(2,18(22)23)14-4-3-7-20(12-14)17(21)11-13-5-6-15-16(10-13)25-9-8-24-15/h5-6,10,14H,3-4,7-9,11-12H2,1-2H3,(H,22,23). The number of rotatable bonds is 4. The average molecular weight is 347 g/mol. The molecule has 1 fully saturated rings. The quantitative estimate of drug-likeness (QED) is 0.905. The lowest BCUT2D eigenvalue weighted by atomic mass is 9.74. The molecule has 1 amide bonds. The van der Waals surface area contributed by atoms with Gasteiger partial charge in [0.05, 0.1) is 11.8 Å².